The van der Waals surface area contributed by atoms with Crippen LogP contribution in [0.5, 0.6) is 0 Å². The molecule has 0 aliphatic heterocycles. The Labute approximate surface area is 144 Å². The number of carbonyl (C=O) groups is 3. The second-order valence-corrected chi connectivity index (χ2v) is 7.56. The van der Waals surface area contributed by atoms with Crippen LogP contribution in [0.15, 0.2) is 0 Å². The number of carbonyl (C=O) groups excluding carboxylic acids is 3. The number of rotatable bonds is 8. The second kappa shape index (κ2) is 9.61. The predicted molar refractivity (Wildman–Crippen MR) is 90.1 cm³/mol. The molecule has 3 atom stereocenters. The van der Waals surface area contributed by atoms with E-state index in [4.69, 9.17) is 9.94 Å². The Morgan fingerprint density at radius 1 is 1.08 bits per heavy atom. The van der Waals surface area contributed by atoms with Crippen LogP contribution in [0.2, 0.25) is 0 Å². The first-order valence-corrected chi connectivity index (χ1v) is 8.36. The van der Waals surface area contributed by atoms with Crippen LogP contribution in [0.1, 0.15) is 54.9 Å². The van der Waals surface area contributed by atoms with E-state index in [2.05, 4.69) is 5.32 Å². The van der Waals surface area contributed by atoms with Crippen molar-refractivity contribution in [3.05, 3.63) is 0 Å². The lowest BCUT2D eigenvalue weighted by Crippen LogP contribution is -2.53. The van der Waals surface area contributed by atoms with Gasteiger partial charge < -0.3 is 10.1 Å². The molecule has 2 amide bonds. The summed E-state index contributed by atoms with van der Waals surface area (Å²) in [6, 6.07) is -0.816. The molecule has 0 spiro atoms. The predicted octanol–water partition coefficient (Wildman–Crippen LogP) is 1.88. The van der Waals surface area contributed by atoms with Crippen LogP contribution in [0.4, 0.5) is 0 Å². The SMILES string of the molecule is CCOC(=O)[C@@H](NC(=O)[C@@H](CC(C)C)[C@H](C)C(=O)NO)C(C)(C)C. The highest BCUT2D eigenvalue weighted by molar-refractivity contribution is 5.90. The summed E-state index contributed by atoms with van der Waals surface area (Å²) in [6.07, 6.45) is 0.458. The quantitative estimate of drug-likeness (QED) is 0.354. The zero-order chi connectivity index (χ0) is 19.1. The maximum absolute atomic E-state index is 12.7. The Morgan fingerprint density at radius 2 is 1.62 bits per heavy atom. The standard InChI is InChI=1S/C17H32N2O5/c1-8-24-16(22)13(17(5,6)7)18-15(21)12(9-10(2)3)11(4)14(20)19-23/h10-13,23H,8-9H2,1-7H3,(H,18,21)(H,19,20)/t11-,12-,13+/m0/s1. The zero-order valence-corrected chi connectivity index (χ0v) is 15.8. The molecule has 7 heteroatoms. The monoisotopic (exact) mass is 344 g/mol. The Morgan fingerprint density at radius 3 is 2.00 bits per heavy atom. The summed E-state index contributed by atoms with van der Waals surface area (Å²) in [5.41, 5.74) is 1.05. The molecule has 0 aliphatic rings. The summed E-state index contributed by atoms with van der Waals surface area (Å²) in [4.78, 5) is 36.6. The van der Waals surface area contributed by atoms with Gasteiger partial charge in [-0.25, -0.2) is 10.3 Å². The van der Waals surface area contributed by atoms with E-state index in [0.717, 1.165) is 0 Å². The molecule has 24 heavy (non-hydrogen) atoms. The topological polar surface area (TPSA) is 105 Å². The third-order valence-electron chi connectivity index (χ3n) is 3.86. The van der Waals surface area contributed by atoms with Gasteiger partial charge in [-0.15, -0.1) is 0 Å². The molecule has 7 nitrogen and oxygen atoms in total. The summed E-state index contributed by atoms with van der Waals surface area (Å²) in [6.45, 7) is 12.9. The Hall–Kier alpha value is -1.63. The highest BCUT2D eigenvalue weighted by Gasteiger charge is 2.38. The minimum atomic E-state index is -0.816. The molecular weight excluding hydrogens is 312 g/mol. The third kappa shape index (κ3) is 6.86. The fourth-order valence-corrected chi connectivity index (χ4v) is 2.43. The second-order valence-electron chi connectivity index (χ2n) is 7.56. The van der Waals surface area contributed by atoms with Gasteiger partial charge in [0.05, 0.1) is 6.61 Å². The van der Waals surface area contributed by atoms with Crippen LogP contribution in [-0.4, -0.2) is 35.6 Å². The molecule has 0 aromatic heterocycles. The van der Waals surface area contributed by atoms with Gasteiger partial charge in [0.1, 0.15) is 6.04 Å². The van der Waals surface area contributed by atoms with Gasteiger partial charge in [0, 0.05) is 11.8 Å². The van der Waals surface area contributed by atoms with Gasteiger partial charge in [-0.3, -0.25) is 14.8 Å². The number of ether oxygens (including phenoxy) is 1. The highest BCUT2D eigenvalue weighted by atomic mass is 16.5. The number of amides is 2. The summed E-state index contributed by atoms with van der Waals surface area (Å²) >= 11 is 0. The van der Waals surface area contributed by atoms with E-state index in [9.17, 15) is 14.4 Å². The van der Waals surface area contributed by atoms with Crippen molar-refractivity contribution in [2.75, 3.05) is 6.61 Å². The van der Waals surface area contributed by atoms with E-state index in [0.29, 0.717) is 6.42 Å². The molecule has 0 aromatic carbocycles. The van der Waals surface area contributed by atoms with E-state index in [1.807, 2.05) is 34.6 Å². The van der Waals surface area contributed by atoms with Gasteiger partial charge in [0.25, 0.3) is 0 Å². The lowest BCUT2D eigenvalue weighted by atomic mass is 9.83. The molecule has 0 aromatic rings. The number of esters is 1. The van der Waals surface area contributed by atoms with Crippen molar-refractivity contribution in [1.82, 2.24) is 10.8 Å². The van der Waals surface area contributed by atoms with Crippen molar-refractivity contribution in [2.24, 2.45) is 23.2 Å². The normalized spacial score (nSPS) is 15.4. The molecule has 0 bridgehead atoms. The molecule has 0 fully saturated rings. The Kier molecular flexibility index (Phi) is 8.96. The van der Waals surface area contributed by atoms with Crippen LogP contribution in [0, 0.1) is 23.2 Å². The number of hydrogen-bond acceptors (Lipinski definition) is 5. The van der Waals surface area contributed by atoms with Crippen LogP contribution in [-0.2, 0) is 19.1 Å². The van der Waals surface area contributed by atoms with Crippen molar-refractivity contribution in [3.8, 4) is 0 Å². The van der Waals surface area contributed by atoms with Gasteiger partial charge in [-0.1, -0.05) is 41.5 Å². The first-order valence-electron chi connectivity index (χ1n) is 8.36. The number of hydrogen-bond donors (Lipinski definition) is 3. The first-order chi connectivity index (χ1) is 10.9. The average molecular weight is 344 g/mol. The van der Waals surface area contributed by atoms with Crippen molar-refractivity contribution >= 4 is 17.8 Å². The lowest BCUT2D eigenvalue weighted by Gasteiger charge is -2.32. The van der Waals surface area contributed by atoms with Crippen molar-refractivity contribution in [2.45, 2.75) is 60.9 Å². The molecule has 3 N–H and O–H groups in total. The van der Waals surface area contributed by atoms with Crippen LogP contribution >= 0.6 is 0 Å². The molecule has 0 heterocycles. The third-order valence-corrected chi connectivity index (χ3v) is 3.86. The smallest absolute Gasteiger partial charge is 0.329 e. The van der Waals surface area contributed by atoms with E-state index in [1.54, 1.807) is 19.3 Å². The van der Waals surface area contributed by atoms with Crippen molar-refractivity contribution in [3.63, 3.8) is 0 Å². The van der Waals surface area contributed by atoms with Crippen molar-refractivity contribution in [1.29, 1.82) is 0 Å². The number of hydroxylamine groups is 1. The molecule has 140 valence electrons. The molecule has 0 saturated carbocycles. The summed E-state index contributed by atoms with van der Waals surface area (Å²) < 4.78 is 5.05. The van der Waals surface area contributed by atoms with E-state index < -0.39 is 41.1 Å². The van der Waals surface area contributed by atoms with E-state index in [1.165, 1.54) is 0 Å². The largest absolute Gasteiger partial charge is 0.464 e. The minimum Gasteiger partial charge on any atom is -0.464 e. The summed E-state index contributed by atoms with van der Waals surface area (Å²) in [7, 11) is 0. The molecular formula is C17H32N2O5. The van der Waals surface area contributed by atoms with Gasteiger partial charge in [0.2, 0.25) is 11.8 Å². The fraction of sp³-hybridized carbons (Fsp3) is 0.824. The highest BCUT2D eigenvalue weighted by Crippen LogP contribution is 2.25. The Bertz CT molecular complexity index is 443. The van der Waals surface area contributed by atoms with E-state index >= 15 is 0 Å². The molecule has 0 rings (SSSR count). The van der Waals surface area contributed by atoms with Gasteiger partial charge >= 0.3 is 5.97 Å². The molecule has 0 saturated heterocycles. The van der Waals surface area contributed by atoms with Crippen LogP contribution in [0.25, 0.3) is 0 Å². The van der Waals surface area contributed by atoms with Gasteiger partial charge in [-0.05, 0) is 24.7 Å². The van der Waals surface area contributed by atoms with Crippen LogP contribution < -0.4 is 10.8 Å². The van der Waals surface area contributed by atoms with Crippen LogP contribution in [0.3, 0.4) is 0 Å². The Balaban J connectivity index is 5.38. The fourth-order valence-electron chi connectivity index (χ4n) is 2.43. The summed E-state index contributed by atoms with van der Waals surface area (Å²) in [5.74, 6) is -2.73. The maximum Gasteiger partial charge on any atom is 0.329 e. The number of nitrogens with one attached hydrogen (secondary N) is 2. The molecule has 0 unspecified atom stereocenters. The maximum atomic E-state index is 12.7. The van der Waals surface area contributed by atoms with Gasteiger partial charge in [0.15, 0.2) is 0 Å². The average Bonchev–Trinajstić information content (AvgIpc) is 2.47. The molecule has 0 radical (unpaired) electrons. The summed E-state index contributed by atoms with van der Waals surface area (Å²) in [5, 5.41) is 11.6. The van der Waals surface area contributed by atoms with Crippen molar-refractivity contribution < 1.29 is 24.3 Å². The molecule has 0 aliphatic carbocycles. The lowest BCUT2D eigenvalue weighted by molar-refractivity contribution is -0.151. The van der Waals surface area contributed by atoms with E-state index in [-0.39, 0.29) is 12.5 Å². The van der Waals surface area contributed by atoms with Gasteiger partial charge in [-0.2, -0.15) is 0 Å². The minimum absolute atomic E-state index is 0.172. The zero-order valence-electron chi connectivity index (χ0n) is 15.8. The first kappa shape index (κ1) is 22.4.